The topological polar surface area (TPSA) is 79.4 Å². The monoisotopic (exact) mass is 341 g/mol. The van der Waals surface area contributed by atoms with Crippen molar-refractivity contribution >= 4 is 11.8 Å². The van der Waals surface area contributed by atoms with Crippen molar-refractivity contribution in [2.75, 3.05) is 31.2 Å². The van der Waals surface area contributed by atoms with Crippen molar-refractivity contribution in [3.63, 3.8) is 0 Å². The third-order valence-corrected chi connectivity index (χ3v) is 4.02. The summed E-state index contributed by atoms with van der Waals surface area (Å²) < 4.78 is 5.36. The molecule has 7 nitrogen and oxygen atoms in total. The summed E-state index contributed by atoms with van der Waals surface area (Å²) in [4.78, 5) is 22.8. The number of rotatable bonds is 5. The number of aryl methyl sites for hydroxylation is 1. The molecule has 0 bridgehead atoms. The molecule has 2 N–H and O–H groups in total. The Balaban J connectivity index is 1.47. The molecule has 7 heteroatoms. The van der Waals surface area contributed by atoms with E-state index in [4.69, 9.17) is 4.74 Å². The second-order valence-electron chi connectivity index (χ2n) is 5.97. The zero-order valence-electron chi connectivity index (χ0n) is 14.4. The fraction of sp³-hybridized carbons (Fsp3) is 0.389. The number of urea groups is 1. The summed E-state index contributed by atoms with van der Waals surface area (Å²) >= 11 is 0. The Morgan fingerprint density at radius 1 is 1.12 bits per heavy atom. The molecule has 2 aromatic heterocycles. The van der Waals surface area contributed by atoms with Crippen molar-refractivity contribution < 1.29 is 9.53 Å². The molecule has 132 valence electrons. The molecule has 0 radical (unpaired) electrons. The number of nitrogens with one attached hydrogen (secondary N) is 2. The van der Waals surface area contributed by atoms with E-state index in [1.54, 1.807) is 12.4 Å². The minimum atomic E-state index is -0.203. The first-order valence-electron chi connectivity index (χ1n) is 8.41. The number of carbonyl (C=O) groups excluding carboxylic acids is 1. The van der Waals surface area contributed by atoms with Gasteiger partial charge in [0.2, 0.25) is 0 Å². The van der Waals surface area contributed by atoms with Gasteiger partial charge >= 0.3 is 6.03 Å². The summed E-state index contributed by atoms with van der Waals surface area (Å²) in [6.07, 6.45) is 3.55. The molecule has 2 aromatic rings. The lowest BCUT2D eigenvalue weighted by molar-refractivity contribution is 0.122. The van der Waals surface area contributed by atoms with E-state index >= 15 is 0 Å². The van der Waals surface area contributed by atoms with Gasteiger partial charge in [-0.3, -0.25) is 4.98 Å². The van der Waals surface area contributed by atoms with Crippen molar-refractivity contribution in [1.82, 2.24) is 20.6 Å². The number of hydrogen-bond donors (Lipinski definition) is 2. The standard InChI is InChI=1S/C18H23N5O2/c1-14-2-3-16(12-20-14)13-22-18(24)21-11-15-4-5-19-17(10-15)23-6-8-25-9-7-23/h2-5,10,12H,6-9,11,13H2,1H3,(H2,21,22,24). The van der Waals surface area contributed by atoms with E-state index in [9.17, 15) is 4.79 Å². The number of ether oxygens (including phenoxy) is 1. The zero-order valence-corrected chi connectivity index (χ0v) is 14.4. The van der Waals surface area contributed by atoms with E-state index in [-0.39, 0.29) is 6.03 Å². The molecule has 0 unspecified atom stereocenters. The van der Waals surface area contributed by atoms with Crippen molar-refractivity contribution in [1.29, 1.82) is 0 Å². The molecule has 0 spiro atoms. The molecule has 3 rings (SSSR count). The highest BCUT2D eigenvalue weighted by molar-refractivity contribution is 5.73. The SMILES string of the molecule is Cc1ccc(CNC(=O)NCc2ccnc(N3CCOCC3)c2)cn1. The zero-order chi connectivity index (χ0) is 17.5. The predicted octanol–water partition coefficient (Wildman–Crippen LogP) is 1.62. The van der Waals surface area contributed by atoms with E-state index in [0.717, 1.165) is 48.9 Å². The van der Waals surface area contributed by atoms with Crippen LogP contribution in [0, 0.1) is 6.92 Å². The quantitative estimate of drug-likeness (QED) is 0.864. The molecule has 1 aliphatic heterocycles. The van der Waals surface area contributed by atoms with Crippen molar-refractivity contribution in [2.24, 2.45) is 0 Å². The summed E-state index contributed by atoms with van der Waals surface area (Å²) in [5.74, 6) is 0.925. The van der Waals surface area contributed by atoms with Crippen LogP contribution in [-0.4, -0.2) is 42.3 Å². The normalized spacial score (nSPS) is 14.2. The second-order valence-corrected chi connectivity index (χ2v) is 5.97. The summed E-state index contributed by atoms with van der Waals surface area (Å²) in [5.41, 5.74) is 2.95. The molecule has 1 fully saturated rings. The molecule has 1 aliphatic rings. The minimum absolute atomic E-state index is 0.203. The maximum Gasteiger partial charge on any atom is 0.315 e. The maximum absolute atomic E-state index is 12.0. The summed E-state index contributed by atoms with van der Waals surface area (Å²) in [5, 5.41) is 5.70. The van der Waals surface area contributed by atoms with E-state index in [1.165, 1.54) is 0 Å². The Morgan fingerprint density at radius 3 is 2.60 bits per heavy atom. The maximum atomic E-state index is 12.0. The van der Waals surface area contributed by atoms with Crippen LogP contribution in [0.25, 0.3) is 0 Å². The smallest absolute Gasteiger partial charge is 0.315 e. The number of pyridine rings is 2. The van der Waals surface area contributed by atoms with Gasteiger partial charge in [0.15, 0.2) is 0 Å². The first-order valence-corrected chi connectivity index (χ1v) is 8.41. The molecular weight excluding hydrogens is 318 g/mol. The largest absolute Gasteiger partial charge is 0.378 e. The van der Waals surface area contributed by atoms with Gasteiger partial charge in [-0.25, -0.2) is 9.78 Å². The van der Waals surface area contributed by atoms with Crippen LogP contribution in [0.15, 0.2) is 36.7 Å². The highest BCUT2D eigenvalue weighted by Gasteiger charge is 2.12. The van der Waals surface area contributed by atoms with Crippen LogP contribution >= 0.6 is 0 Å². The summed E-state index contributed by atoms with van der Waals surface area (Å²) in [7, 11) is 0. The Bertz CT molecular complexity index is 699. The van der Waals surface area contributed by atoms with Gasteiger partial charge < -0.3 is 20.3 Å². The van der Waals surface area contributed by atoms with Gasteiger partial charge in [0, 0.05) is 44.3 Å². The van der Waals surface area contributed by atoms with Crippen LogP contribution < -0.4 is 15.5 Å². The van der Waals surface area contributed by atoms with Gasteiger partial charge in [0.1, 0.15) is 5.82 Å². The van der Waals surface area contributed by atoms with Gasteiger partial charge in [-0.1, -0.05) is 6.07 Å². The average Bonchev–Trinajstić information content (AvgIpc) is 2.67. The number of carbonyl (C=O) groups is 1. The number of anilines is 1. The molecule has 0 saturated carbocycles. The van der Waals surface area contributed by atoms with Crippen molar-refractivity contribution in [3.8, 4) is 0 Å². The number of nitrogens with zero attached hydrogens (tertiary/aromatic N) is 3. The Hall–Kier alpha value is -2.67. The van der Waals surface area contributed by atoms with Gasteiger partial charge in [-0.15, -0.1) is 0 Å². The minimum Gasteiger partial charge on any atom is -0.378 e. The average molecular weight is 341 g/mol. The lowest BCUT2D eigenvalue weighted by atomic mass is 10.2. The number of amides is 2. The van der Waals surface area contributed by atoms with E-state index < -0.39 is 0 Å². The summed E-state index contributed by atoms with van der Waals surface area (Å²) in [6, 6.07) is 7.60. The van der Waals surface area contributed by atoms with Crippen LogP contribution in [0.5, 0.6) is 0 Å². The van der Waals surface area contributed by atoms with Crippen LogP contribution in [0.3, 0.4) is 0 Å². The Morgan fingerprint density at radius 2 is 1.88 bits per heavy atom. The second kappa shape index (κ2) is 8.43. The van der Waals surface area contributed by atoms with E-state index in [2.05, 4.69) is 25.5 Å². The van der Waals surface area contributed by atoms with Crippen LogP contribution in [-0.2, 0) is 17.8 Å². The van der Waals surface area contributed by atoms with Gasteiger partial charge in [0.25, 0.3) is 0 Å². The molecule has 0 aliphatic carbocycles. The third kappa shape index (κ3) is 5.15. The Labute approximate surface area is 147 Å². The highest BCUT2D eigenvalue weighted by Crippen LogP contribution is 2.14. The molecule has 0 aromatic carbocycles. The van der Waals surface area contributed by atoms with E-state index in [1.807, 2.05) is 31.2 Å². The van der Waals surface area contributed by atoms with Crippen LogP contribution in [0.2, 0.25) is 0 Å². The Kier molecular flexibility index (Phi) is 5.79. The molecule has 2 amide bonds. The van der Waals surface area contributed by atoms with Gasteiger partial charge in [-0.2, -0.15) is 0 Å². The number of hydrogen-bond acceptors (Lipinski definition) is 5. The predicted molar refractivity (Wildman–Crippen MR) is 95.3 cm³/mol. The lowest BCUT2D eigenvalue weighted by Crippen LogP contribution is -2.37. The van der Waals surface area contributed by atoms with Gasteiger partial charge in [0.05, 0.1) is 13.2 Å². The van der Waals surface area contributed by atoms with Crippen molar-refractivity contribution in [2.45, 2.75) is 20.0 Å². The highest BCUT2D eigenvalue weighted by atomic mass is 16.5. The van der Waals surface area contributed by atoms with E-state index in [0.29, 0.717) is 13.1 Å². The van der Waals surface area contributed by atoms with Crippen LogP contribution in [0.4, 0.5) is 10.6 Å². The molecule has 1 saturated heterocycles. The first-order chi connectivity index (χ1) is 12.2. The number of morpholine rings is 1. The van der Waals surface area contributed by atoms with Crippen LogP contribution in [0.1, 0.15) is 16.8 Å². The van der Waals surface area contributed by atoms with Crippen molar-refractivity contribution in [3.05, 3.63) is 53.5 Å². The third-order valence-electron chi connectivity index (χ3n) is 4.02. The molecule has 3 heterocycles. The molecular formula is C18H23N5O2. The fourth-order valence-corrected chi connectivity index (χ4v) is 2.57. The first kappa shape index (κ1) is 17.2. The fourth-order valence-electron chi connectivity index (χ4n) is 2.57. The lowest BCUT2D eigenvalue weighted by Gasteiger charge is -2.28. The van der Waals surface area contributed by atoms with Gasteiger partial charge in [-0.05, 0) is 36.2 Å². The molecule has 0 atom stereocenters. The summed E-state index contributed by atoms with van der Waals surface area (Å²) in [6.45, 7) is 5.97. The molecule has 25 heavy (non-hydrogen) atoms. The number of aromatic nitrogens is 2.